The van der Waals surface area contributed by atoms with Crippen LogP contribution in [-0.4, -0.2) is 5.78 Å². The van der Waals surface area contributed by atoms with E-state index in [0.717, 1.165) is 5.56 Å². The van der Waals surface area contributed by atoms with Crippen molar-refractivity contribution in [3.63, 3.8) is 0 Å². The van der Waals surface area contributed by atoms with Crippen molar-refractivity contribution in [3.05, 3.63) is 59.2 Å². The van der Waals surface area contributed by atoms with Gasteiger partial charge in [0.15, 0.2) is 5.78 Å². The second-order valence-electron chi connectivity index (χ2n) is 4.25. The molecule has 94 valence electrons. The number of carbonyl (C=O) groups is 1. The summed E-state index contributed by atoms with van der Waals surface area (Å²) in [6.07, 6.45) is 0. The van der Waals surface area contributed by atoms with E-state index < -0.39 is 0 Å². The van der Waals surface area contributed by atoms with E-state index in [1.54, 1.807) is 18.2 Å². The Hall–Kier alpha value is -2.60. The molecule has 0 N–H and O–H groups in total. The quantitative estimate of drug-likeness (QED) is 0.778. The smallest absolute Gasteiger partial charge is 0.163 e. The molecule has 0 saturated carbocycles. The largest absolute Gasteiger partial charge is 0.456 e. The van der Waals surface area contributed by atoms with Gasteiger partial charge in [-0.25, -0.2) is 0 Å². The molecule has 0 fully saturated rings. The Kier molecular flexibility index (Phi) is 3.63. The topological polar surface area (TPSA) is 50.1 Å². The predicted molar refractivity (Wildman–Crippen MR) is 72.4 cm³/mol. The van der Waals surface area contributed by atoms with E-state index in [1.807, 2.05) is 37.3 Å². The Morgan fingerprint density at radius 2 is 1.89 bits per heavy atom. The molecule has 0 atom stereocenters. The van der Waals surface area contributed by atoms with Gasteiger partial charge in [0.2, 0.25) is 0 Å². The van der Waals surface area contributed by atoms with Crippen molar-refractivity contribution in [1.82, 2.24) is 0 Å². The number of nitriles is 1. The van der Waals surface area contributed by atoms with Crippen LogP contribution in [0.2, 0.25) is 0 Å². The zero-order valence-electron chi connectivity index (χ0n) is 10.8. The number of ketones is 1. The molecule has 19 heavy (non-hydrogen) atoms. The van der Waals surface area contributed by atoms with E-state index in [-0.39, 0.29) is 5.78 Å². The molecular weight excluding hydrogens is 238 g/mol. The van der Waals surface area contributed by atoms with Crippen molar-refractivity contribution >= 4 is 5.78 Å². The van der Waals surface area contributed by atoms with Gasteiger partial charge in [0, 0.05) is 0 Å². The molecular formula is C16H13NO2. The number of nitrogens with zero attached hydrogens (tertiary/aromatic N) is 1. The number of hydrogen-bond donors (Lipinski definition) is 0. The molecule has 3 heteroatoms. The van der Waals surface area contributed by atoms with Gasteiger partial charge in [-0.2, -0.15) is 5.26 Å². The Morgan fingerprint density at radius 3 is 2.53 bits per heavy atom. The maximum Gasteiger partial charge on any atom is 0.163 e. The number of rotatable bonds is 3. The van der Waals surface area contributed by atoms with Crippen LogP contribution in [0.3, 0.4) is 0 Å². The summed E-state index contributed by atoms with van der Waals surface area (Å²) < 4.78 is 5.77. The third kappa shape index (κ3) is 2.80. The lowest BCUT2D eigenvalue weighted by molar-refractivity contribution is 0.101. The van der Waals surface area contributed by atoms with Crippen molar-refractivity contribution in [2.24, 2.45) is 0 Å². The number of hydrogen-bond acceptors (Lipinski definition) is 3. The van der Waals surface area contributed by atoms with Crippen molar-refractivity contribution in [2.75, 3.05) is 0 Å². The number of benzene rings is 2. The van der Waals surface area contributed by atoms with Crippen LogP contribution in [0.15, 0.2) is 42.5 Å². The van der Waals surface area contributed by atoms with Crippen LogP contribution in [0.5, 0.6) is 11.5 Å². The van der Waals surface area contributed by atoms with E-state index in [0.29, 0.717) is 22.6 Å². The maximum atomic E-state index is 11.6. The van der Waals surface area contributed by atoms with Gasteiger partial charge >= 0.3 is 0 Å². The number of aryl methyl sites for hydroxylation is 1. The van der Waals surface area contributed by atoms with Crippen LogP contribution in [0.4, 0.5) is 0 Å². The van der Waals surface area contributed by atoms with Gasteiger partial charge in [-0.05, 0) is 43.7 Å². The summed E-state index contributed by atoms with van der Waals surface area (Å²) in [5.41, 5.74) is 1.91. The SMILES string of the molecule is CC(=O)c1ccc(C#N)cc1Oc1ccccc1C. The first-order valence-electron chi connectivity index (χ1n) is 5.90. The number of Topliss-reactive ketones (excluding diaryl/α,β-unsaturated/α-hetero) is 1. The lowest BCUT2D eigenvalue weighted by Crippen LogP contribution is -1.98. The first-order chi connectivity index (χ1) is 9.11. The van der Waals surface area contributed by atoms with Gasteiger partial charge in [0.05, 0.1) is 17.2 Å². The summed E-state index contributed by atoms with van der Waals surface area (Å²) in [7, 11) is 0. The summed E-state index contributed by atoms with van der Waals surface area (Å²) in [6, 6.07) is 14.4. The predicted octanol–water partition coefficient (Wildman–Crippen LogP) is 3.86. The van der Waals surface area contributed by atoms with E-state index in [1.165, 1.54) is 6.92 Å². The van der Waals surface area contributed by atoms with Crippen molar-refractivity contribution in [2.45, 2.75) is 13.8 Å². The average molecular weight is 251 g/mol. The van der Waals surface area contributed by atoms with Crippen molar-refractivity contribution in [1.29, 1.82) is 5.26 Å². The normalized spacial score (nSPS) is 9.74. The van der Waals surface area contributed by atoms with Crippen LogP contribution >= 0.6 is 0 Å². The monoisotopic (exact) mass is 251 g/mol. The summed E-state index contributed by atoms with van der Waals surface area (Å²) >= 11 is 0. The minimum atomic E-state index is -0.0897. The zero-order chi connectivity index (χ0) is 13.8. The highest BCUT2D eigenvalue weighted by Crippen LogP contribution is 2.29. The van der Waals surface area contributed by atoms with Crippen LogP contribution < -0.4 is 4.74 Å². The summed E-state index contributed by atoms with van der Waals surface area (Å²) in [5.74, 6) is 1.01. The number of para-hydroxylation sites is 1. The lowest BCUT2D eigenvalue weighted by Gasteiger charge is -2.11. The highest BCUT2D eigenvalue weighted by Gasteiger charge is 2.11. The molecule has 0 bridgehead atoms. The molecule has 0 unspecified atom stereocenters. The van der Waals surface area contributed by atoms with E-state index >= 15 is 0 Å². The van der Waals surface area contributed by atoms with Crippen molar-refractivity contribution < 1.29 is 9.53 Å². The molecule has 2 aromatic rings. The van der Waals surface area contributed by atoms with E-state index in [9.17, 15) is 4.79 Å². The molecule has 0 aliphatic carbocycles. The Balaban J connectivity index is 2.46. The summed E-state index contributed by atoms with van der Waals surface area (Å²) in [4.78, 5) is 11.6. The second kappa shape index (κ2) is 5.36. The van der Waals surface area contributed by atoms with Gasteiger partial charge in [-0.15, -0.1) is 0 Å². The number of carbonyl (C=O) groups excluding carboxylic acids is 1. The fourth-order valence-corrected chi connectivity index (χ4v) is 1.76. The zero-order valence-corrected chi connectivity index (χ0v) is 10.8. The highest BCUT2D eigenvalue weighted by molar-refractivity contribution is 5.97. The fraction of sp³-hybridized carbons (Fsp3) is 0.125. The Bertz CT molecular complexity index is 669. The minimum Gasteiger partial charge on any atom is -0.456 e. The Labute approximate surface area is 112 Å². The molecule has 0 amide bonds. The minimum absolute atomic E-state index is 0.0897. The van der Waals surface area contributed by atoms with Gasteiger partial charge in [-0.1, -0.05) is 18.2 Å². The first kappa shape index (κ1) is 12.8. The third-order valence-corrected chi connectivity index (χ3v) is 2.80. The molecule has 0 aromatic heterocycles. The van der Waals surface area contributed by atoms with Gasteiger partial charge in [0.25, 0.3) is 0 Å². The highest BCUT2D eigenvalue weighted by atomic mass is 16.5. The molecule has 0 saturated heterocycles. The second-order valence-corrected chi connectivity index (χ2v) is 4.25. The fourth-order valence-electron chi connectivity index (χ4n) is 1.76. The van der Waals surface area contributed by atoms with Crippen LogP contribution in [-0.2, 0) is 0 Å². The molecule has 3 nitrogen and oxygen atoms in total. The summed E-state index contributed by atoms with van der Waals surface area (Å²) in [6.45, 7) is 3.41. The first-order valence-corrected chi connectivity index (χ1v) is 5.90. The van der Waals surface area contributed by atoms with Crippen LogP contribution in [0.1, 0.15) is 28.4 Å². The summed E-state index contributed by atoms with van der Waals surface area (Å²) in [5, 5.41) is 8.92. The van der Waals surface area contributed by atoms with Gasteiger partial charge in [-0.3, -0.25) is 4.79 Å². The molecule has 0 aliphatic heterocycles. The van der Waals surface area contributed by atoms with Gasteiger partial charge < -0.3 is 4.74 Å². The average Bonchev–Trinajstić information content (AvgIpc) is 2.41. The van der Waals surface area contributed by atoms with E-state index in [4.69, 9.17) is 10.00 Å². The van der Waals surface area contributed by atoms with Crippen LogP contribution in [0.25, 0.3) is 0 Å². The third-order valence-electron chi connectivity index (χ3n) is 2.80. The molecule has 0 aliphatic rings. The molecule has 2 rings (SSSR count). The van der Waals surface area contributed by atoms with Crippen molar-refractivity contribution in [3.8, 4) is 17.6 Å². The maximum absolute atomic E-state index is 11.6. The number of ether oxygens (including phenoxy) is 1. The molecule has 0 spiro atoms. The molecule has 2 aromatic carbocycles. The molecule has 0 heterocycles. The standard InChI is InChI=1S/C16H13NO2/c1-11-5-3-4-6-15(11)19-16-9-13(10-17)7-8-14(16)12(2)18/h3-9H,1-2H3. The van der Waals surface area contributed by atoms with Crippen LogP contribution in [0, 0.1) is 18.3 Å². The van der Waals surface area contributed by atoms with Gasteiger partial charge in [0.1, 0.15) is 11.5 Å². The Morgan fingerprint density at radius 1 is 1.16 bits per heavy atom. The lowest BCUT2D eigenvalue weighted by atomic mass is 10.1. The van der Waals surface area contributed by atoms with E-state index in [2.05, 4.69) is 0 Å². The molecule has 0 radical (unpaired) electrons.